The summed E-state index contributed by atoms with van der Waals surface area (Å²) in [6.45, 7) is 3.75. The number of nitrogens with one attached hydrogen (secondary N) is 1. The molecule has 1 fully saturated rings. The van der Waals surface area contributed by atoms with Crippen molar-refractivity contribution in [2.45, 2.75) is 42.4 Å². The Labute approximate surface area is 176 Å². The number of rotatable bonds is 6. The number of anilines is 2. The smallest absolute Gasteiger partial charge is 0.288 e. The van der Waals surface area contributed by atoms with Crippen molar-refractivity contribution in [1.29, 1.82) is 0 Å². The maximum Gasteiger partial charge on any atom is 0.288 e. The Morgan fingerprint density at radius 1 is 0.833 bits per heavy atom. The van der Waals surface area contributed by atoms with E-state index in [-0.39, 0.29) is 15.5 Å². The molecule has 0 aliphatic heterocycles. The molecule has 2 aromatic carbocycles. The Morgan fingerprint density at radius 2 is 1.50 bits per heavy atom. The van der Waals surface area contributed by atoms with E-state index in [0.717, 1.165) is 29.7 Å². The number of benzene rings is 2. The molecule has 0 unspecified atom stereocenters. The second kappa shape index (κ2) is 7.52. The number of aromatic nitrogens is 1. The first-order valence-corrected chi connectivity index (χ1v) is 13.1. The third-order valence-corrected chi connectivity index (χ3v) is 10.2. The normalized spacial score (nSPS) is 14.5. The van der Waals surface area contributed by atoms with Crippen LogP contribution in [0.5, 0.6) is 0 Å². The molecule has 1 aliphatic carbocycles. The van der Waals surface area contributed by atoms with E-state index in [2.05, 4.69) is 10.3 Å². The van der Waals surface area contributed by atoms with Crippen molar-refractivity contribution in [3.05, 3.63) is 77.5 Å². The van der Waals surface area contributed by atoms with Gasteiger partial charge in [-0.2, -0.15) is 0 Å². The van der Waals surface area contributed by atoms with Gasteiger partial charge in [0.25, 0.3) is 17.7 Å². The van der Waals surface area contributed by atoms with Gasteiger partial charge in [0.05, 0.1) is 10.6 Å². The molecule has 1 aliphatic rings. The lowest BCUT2D eigenvalue weighted by atomic mass is 10.2. The van der Waals surface area contributed by atoms with Crippen LogP contribution in [0.3, 0.4) is 0 Å². The van der Waals surface area contributed by atoms with Crippen LogP contribution in [0.2, 0.25) is 0 Å². The van der Waals surface area contributed by atoms with Gasteiger partial charge in [0, 0.05) is 11.6 Å². The van der Waals surface area contributed by atoms with E-state index < -0.39 is 17.7 Å². The van der Waals surface area contributed by atoms with E-state index in [9.17, 15) is 16.8 Å². The zero-order chi connectivity index (χ0) is 21.5. The van der Waals surface area contributed by atoms with Gasteiger partial charge in [0.15, 0.2) is 0 Å². The summed E-state index contributed by atoms with van der Waals surface area (Å²) in [4.78, 5) is 4.03. The molecule has 0 bridgehead atoms. The van der Waals surface area contributed by atoms with Crippen LogP contribution in [0.1, 0.15) is 35.6 Å². The van der Waals surface area contributed by atoms with Gasteiger partial charge < -0.3 is 5.32 Å². The first-order chi connectivity index (χ1) is 14.2. The number of hydrogen-bond donors (Lipinski definition) is 1. The van der Waals surface area contributed by atoms with Gasteiger partial charge >= 0.3 is 0 Å². The number of pyridine rings is 1. The van der Waals surface area contributed by atoms with Crippen LogP contribution < -0.4 is 5.32 Å². The average molecular weight is 443 g/mol. The van der Waals surface area contributed by atoms with Crippen molar-refractivity contribution < 1.29 is 16.8 Å². The van der Waals surface area contributed by atoms with Gasteiger partial charge in [-0.1, -0.05) is 29.8 Å². The van der Waals surface area contributed by atoms with Gasteiger partial charge in [-0.25, -0.2) is 21.8 Å². The van der Waals surface area contributed by atoms with Gasteiger partial charge in [-0.15, -0.1) is 0 Å². The molecule has 6 nitrogen and oxygen atoms in total. The van der Waals surface area contributed by atoms with Crippen LogP contribution in [0.25, 0.3) is 0 Å². The Kier molecular flexibility index (Phi) is 5.15. The van der Waals surface area contributed by atoms with E-state index in [1.807, 2.05) is 19.1 Å². The predicted molar refractivity (Wildman–Crippen MR) is 116 cm³/mol. The Balaban J connectivity index is 1.75. The summed E-state index contributed by atoms with van der Waals surface area (Å²) in [5.74, 6) is 0.929. The van der Waals surface area contributed by atoms with Gasteiger partial charge in [0.2, 0.25) is 0 Å². The molecule has 156 valence electrons. The fourth-order valence-corrected chi connectivity index (χ4v) is 7.05. The van der Waals surface area contributed by atoms with E-state index in [1.165, 1.54) is 24.3 Å². The maximum absolute atomic E-state index is 13.2. The Morgan fingerprint density at radius 3 is 2.17 bits per heavy atom. The van der Waals surface area contributed by atoms with Crippen molar-refractivity contribution in [1.82, 2.24) is 4.98 Å². The summed E-state index contributed by atoms with van der Waals surface area (Å²) in [5.41, 5.74) is 2.98. The van der Waals surface area contributed by atoms with Crippen LogP contribution in [-0.4, -0.2) is 21.8 Å². The highest BCUT2D eigenvalue weighted by atomic mass is 33.2. The second-order valence-corrected chi connectivity index (χ2v) is 12.9. The number of aryl methyl sites for hydroxylation is 2. The largest absolute Gasteiger partial charge is 0.339 e. The van der Waals surface area contributed by atoms with Gasteiger partial charge in [-0.05, 0) is 68.7 Å². The molecule has 1 aromatic heterocycles. The fourth-order valence-electron chi connectivity index (χ4n) is 3.22. The zero-order valence-corrected chi connectivity index (χ0v) is 18.3. The average Bonchev–Trinajstić information content (AvgIpc) is 3.53. The summed E-state index contributed by atoms with van der Waals surface area (Å²) in [6.07, 6.45) is 2.19. The molecule has 1 N–H and O–H groups in total. The standard InChI is InChI=1S/C22H22N2O4S2/c1-15-7-11-18(12-8-15)29(25,26)30(27,28)21-6-4-3-5-19(21)23-22-14-16(2)13-20(24-22)17-9-10-17/h3-8,11-14,17H,9-10H2,1-2H3,(H,23,24). The quantitative estimate of drug-likeness (QED) is 0.566. The molecule has 0 amide bonds. The summed E-state index contributed by atoms with van der Waals surface area (Å²) in [7, 11) is -9.33. The topological polar surface area (TPSA) is 93.2 Å². The van der Waals surface area contributed by atoms with Crippen LogP contribution in [0, 0.1) is 13.8 Å². The highest BCUT2D eigenvalue weighted by Crippen LogP contribution is 2.40. The first-order valence-electron chi connectivity index (χ1n) is 9.60. The van der Waals surface area contributed by atoms with E-state index in [0.29, 0.717) is 11.7 Å². The minimum absolute atomic E-state index is 0.174. The lowest BCUT2D eigenvalue weighted by Gasteiger charge is -2.14. The SMILES string of the molecule is Cc1ccc(S(=O)(=O)S(=O)(=O)c2ccccc2Nc2cc(C)cc(C3CC3)n2)cc1. The maximum atomic E-state index is 13.2. The van der Waals surface area contributed by atoms with Crippen LogP contribution in [-0.2, 0) is 17.7 Å². The molecular formula is C22H22N2O4S2. The molecule has 0 spiro atoms. The Bertz CT molecular complexity index is 1310. The molecule has 1 saturated carbocycles. The van der Waals surface area contributed by atoms with Gasteiger partial charge in [-0.3, -0.25) is 0 Å². The summed E-state index contributed by atoms with van der Waals surface area (Å²) >= 11 is 0. The zero-order valence-electron chi connectivity index (χ0n) is 16.7. The molecule has 30 heavy (non-hydrogen) atoms. The predicted octanol–water partition coefficient (Wildman–Crippen LogP) is 4.48. The van der Waals surface area contributed by atoms with Crippen LogP contribution in [0.15, 0.2) is 70.5 Å². The third-order valence-electron chi connectivity index (χ3n) is 5.00. The van der Waals surface area contributed by atoms with Crippen molar-refractivity contribution in [3.63, 3.8) is 0 Å². The monoisotopic (exact) mass is 442 g/mol. The van der Waals surface area contributed by atoms with Crippen LogP contribution in [0.4, 0.5) is 11.5 Å². The molecule has 3 aromatic rings. The van der Waals surface area contributed by atoms with Gasteiger partial charge in [0.1, 0.15) is 10.7 Å². The molecule has 8 heteroatoms. The minimum atomic E-state index is -4.70. The van der Waals surface area contributed by atoms with E-state index >= 15 is 0 Å². The highest BCUT2D eigenvalue weighted by Gasteiger charge is 2.35. The summed E-state index contributed by atoms with van der Waals surface area (Å²) in [6, 6.07) is 15.6. The fraction of sp³-hybridized carbons (Fsp3) is 0.227. The number of para-hydroxylation sites is 1. The molecule has 4 rings (SSSR count). The first kappa shape index (κ1) is 20.6. The molecular weight excluding hydrogens is 420 g/mol. The molecule has 1 heterocycles. The second-order valence-electron chi connectivity index (χ2n) is 7.57. The van der Waals surface area contributed by atoms with Crippen molar-refractivity contribution in [3.8, 4) is 0 Å². The number of nitrogens with zero attached hydrogens (tertiary/aromatic N) is 1. The lowest BCUT2D eigenvalue weighted by molar-refractivity contribution is 0.583. The minimum Gasteiger partial charge on any atom is -0.339 e. The molecule has 0 atom stereocenters. The van der Waals surface area contributed by atoms with Crippen LogP contribution >= 0.6 is 0 Å². The lowest BCUT2D eigenvalue weighted by Crippen LogP contribution is -2.17. The highest BCUT2D eigenvalue weighted by molar-refractivity contribution is 8.67. The Hall–Kier alpha value is -2.71. The molecule has 0 saturated heterocycles. The van der Waals surface area contributed by atoms with Crippen molar-refractivity contribution >= 4 is 29.2 Å². The third kappa shape index (κ3) is 3.85. The number of hydrogen-bond acceptors (Lipinski definition) is 6. The van der Waals surface area contributed by atoms with Crippen molar-refractivity contribution in [2.24, 2.45) is 0 Å². The van der Waals surface area contributed by atoms with Crippen molar-refractivity contribution in [2.75, 3.05) is 5.32 Å². The molecule has 0 radical (unpaired) electrons. The van der Waals surface area contributed by atoms with E-state index in [4.69, 9.17) is 0 Å². The van der Waals surface area contributed by atoms with E-state index in [1.54, 1.807) is 31.2 Å². The summed E-state index contributed by atoms with van der Waals surface area (Å²) < 4.78 is 52.2. The summed E-state index contributed by atoms with van der Waals surface area (Å²) in [5, 5.41) is 3.02.